The van der Waals surface area contributed by atoms with Crippen LogP contribution in [0, 0.1) is 6.92 Å². The van der Waals surface area contributed by atoms with Gasteiger partial charge in [0.1, 0.15) is 0 Å². The van der Waals surface area contributed by atoms with Gasteiger partial charge in [0.15, 0.2) is 0 Å². The summed E-state index contributed by atoms with van der Waals surface area (Å²) in [7, 11) is 1.67. The molecule has 0 unspecified atom stereocenters. The smallest absolute Gasteiger partial charge is 0.0852 e. The fourth-order valence-electron chi connectivity index (χ4n) is 1.86. The predicted octanol–water partition coefficient (Wildman–Crippen LogP) is 8.24. The summed E-state index contributed by atoms with van der Waals surface area (Å²) in [6.07, 6.45) is 0. The Balaban J connectivity index is 0. The van der Waals surface area contributed by atoms with Crippen molar-refractivity contribution >= 4 is 16.5 Å². The normalized spacial score (nSPS) is 8.72. The third kappa shape index (κ3) is 10.1. The molecular formula is C23H34N2. The van der Waals surface area contributed by atoms with Crippen LogP contribution in [0.4, 0.5) is 5.69 Å². The second-order valence-electron chi connectivity index (χ2n) is 4.48. The monoisotopic (exact) mass is 338 g/mol. The molecule has 0 N–H and O–H groups in total. The molecule has 0 bridgehead atoms. The van der Waals surface area contributed by atoms with Crippen LogP contribution in [0.1, 0.15) is 40.7 Å². The van der Waals surface area contributed by atoms with Gasteiger partial charge in [-0.3, -0.25) is 0 Å². The largest absolute Gasteiger partial charge is 0.192 e. The van der Waals surface area contributed by atoms with Crippen LogP contribution in [-0.4, -0.2) is 7.05 Å². The zero-order valence-electron chi connectivity index (χ0n) is 15.8. The van der Waals surface area contributed by atoms with Gasteiger partial charge in [0.25, 0.3) is 0 Å². The molecule has 0 amide bonds. The van der Waals surface area contributed by atoms with Gasteiger partial charge < -0.3 is 0 Å². The van der Waals surface area contributed by atoms with E-state index in [0.717, 1.165) is 5.69 Å². The highest BCUT2D eigenvalue weighted by Crippen LogP contribution is 2.12. The minimum Gasteiger partial charge on any atom is -0.192 e. The molecule has 3 rings (SSSR count). The van der Waals surface area contributed by atoms with Crippen LogP contribution in [0.15, 0.2) is 83.0 Å². The summed E-state index contributed by atoms with van der Waals surface area (Å²) >= 11 is 0. The summed E-state index contributed by atoms with van der Waals surface area (Å²) in [4.78, 5) is 0. The van der Waals surface area contributed by atoms with Crippen molar-refractivity contribution in [2.24, 2.45) is 10.2 Å². The Labute approximate surface area is 154 Å². The van der Waals surface area contributed by atoms with Crippen LogP contribution < -0.4 is 0 Å². The van der Waals surface area contributed by atoms with Gasteiger partial charge in [-0.15, -0.1) is 0 Å². The molecule has 0 heterocycles. The Morgan fingerprint density at radius 2 is 0.960 bits per heavy atom. The van der Waals surface area contributed by atoms with E-state index in [1.807, 2.05) is 58.9 Å². The number of fused-ring (bicyclic) bond motifs is 1. The maximum atomic E-state index is 3.87. The third-order valence-electron chi connectivity index (χ3n) is 2.91. The summed E-state index contributed by atoms with van der Waals surface area (Å²) in [5.41, 5.74) is 2.16. The molecule has 0 aliphatic carbocycles. The highest BCUT2D eigenvalue weighted by molar-refractivity contribution is 5.81. The van der Waals surface area contributed by atoms with Crippen molar-refractivity contribution < 1.29 is 0 Å². The van der Waals surface area contributed by atoms with Crippen LogP contribution >= 0.6 is 0 Å². The molecule has 136 valence electrons. The van der Waals surface area contributed by atoms with Gasteiger partial charge >= 0.3 is 0 Å². The van der Waals surface area contributed by atoms with Gasteiger partial charge in [0.2, 0.25) is 0 Å². The molecule has 0 saturated carbocycles. The van der Waals surface area contributed by atoms with E-state index in [2.05, 4.69) is 58.8 Å². The number of hydrogen-bond donors (Lipinski definition) is 0. The van der Waals surface area contributed by atoms with Crippen molar-refractivity contribution in [2.75, 3.05) is 7.05 Å². The minimum absolute atomic E-state index is 0. The highest BCUT2D eigenvalue weighted by Gasteiger charge is 1.86. The Morgan fingerprint density at radius 3 is 1.28 bits per heavy atom. The molecule has 3 aromatic carbocycles. The van der Waals surface area contributed by atoms with Gasteiger partial charge in [-0.2, -0.15) is 10.2 Å². The second-order valence-corrected chi connectivity index (χ2v) is 4.48. The second kappa shape index (κ2) is 16.4. The zero-order chi connectivity index (χ0) is 18.2. The lowest BCUT2D eigenvalue weighted by molar-refractivity contribution is 1.17. The van der Waals surface area contributed by atoms with Gasteiger partial charge in [-0.25, -0.2) is 0 Å². The van der Waals surface area contributed by atoms with E-state index < -0.39 is 0 Å². The predicted molar refractivity (Wildman–Crippen MR) is 115 cm³/mol. The number of nitrogens with zero attached hydrogens (tertiary/aromatic N) is 2. The molecule has 0 fully saturated rings. The average molecular weight is 339 g/mol. The first-order chi connectivity index (χ1) is 11.8. The minimum atomic E-state index is 0. The molecule has 2 nitrogen and oxygen atoms in total. The van der Waals surface area contributed by atoms with Crippen molar-refractivity contribution in [2.45, 2.75) is 42.0 Å². The molecule has 0 radical (unpaired) electrons. The van der Waals surface area contributed by atoms with E-state index in [9.17, 15) is 0 Å². The lowest BCUT2D eigenvalue weighted by Crippen LogP contribution is -1.67. The molecule has 0 spiro atoms. The molecule has 25 heavy (non-hydrogen) atoms. The van der Waals surface area contributed by atoms with E-state index in [0.29, 0.717) is 0 Å². The Hall–Kier alpha value is -2.48. The number of benzene rings is 3. The first-order valence-corrected chi connectivity index (χ1v) is 8.60. The van der Waals surface area contributed by atoms with E-state index in [1.54, 1.807) is 7.05 Å². The van der Waals surface area contributed by atoms with Crippen molar-refractivity contribution in [3.63, 3.8) is 0 Å². The van der Waals surface area contributed by atoms with E-state index in [-0.39, 0.29) is 7.43 Å². The molecule has 0 atom stereocenters. The molecule has 0 aliphatic rings. The molecule has 3 aromatic rings. The van der Waals surface area contributed by atoms with Crippen LogP contribution in [0.5, 0.6) is 0 Å². The lowest BCUT2D eigenvalue weighted by Gasteiger charge is -1.92. The number of hydrogen-bond acceptors (Lipinski definition) is 2. The summed E-state index contributed by atoms with van der Waals surface area (Å²) in [6.45, 7) is 10.0. The SMILES string of the molecule is C.CC.CC.CN=Nc1ccc(C)cc1.c1ccc2ccccc2c1. The molecule has 0 saturated heterocycles. The Morgan fingerprint density at radius 1 is 0.600 bits per heavy atom. The van der Waals surface area contributed by atoms with Crippen molar-refractivity contribution in [1.82, 2.24) is 0 Å². The third-order valence-corrected chi connectivity index (χ3v) is 2.91. The molecule has 2 heteroatoms. The molecule has 0 aliphatic heterocycles. The lowest BCUT2D eigenvalue weighted by atomic mass is 10.1. The Bertz CT molecular complexity index is 620. The maximum Gasteiger partial charge on any atom is 0.0852 e. The van der Waals surface area contributed by atoms with E-state index >= 15 is 0 Å². The highest BCUT2D eigenvalue weighted by atomic mass is 15.1. The van der Waals surface area contributed by atoms with Gasteiger partial charge in [-0.05, 0) is 29.8 Å². The average Bonchev–Trinajstić information content (AvgIpc) is 2.68. The molecular weight excluding hydrogens is 304 g/mol. The van der Waals surface area contributed by atoms with Gasteiger partial charge in [0.05, 0.1) is 5.69 Å². The van der Waals surface area contributed by atoms with Crippen LogP contribution in [-0.2, 0) is 0 Å². The summed E-state index contributed by atoms with van der Waals surface area (Å²) in [5, 5.41) is 10.2. The quantitative estimate of drug-likeness (QED) is 0.399. The first-order valence-electron chi connectivity index (χ1n) is 8.60. The zero-order valence-corrected chi connectivity index (χ0v) is 15.8. The van der Waals surface area contributed by atoms with E-state index in [1.165, 1.54) is 16.3 Å². The fraction of sp³-hybridized carbons (Fsp3) is 0.304. The molecule has 0 aromatic heterocycles. The van der Waals surface area contributed by atoms with Crippen LogP contribution in [0.25, 0.3) is 10.8 Å². The van der Waals surface area contributed by atoms with E-state index in [4.69, 9.17) is 0 Å². The number of aryl methyl sites for hydroxylation is 1. The fourth-order valence-corrected chi connectivity index (χ4v) is 1.86. The maximum absolute atomic E-state index is 3.87. The van der Waals surface area contributed by atoms with Crippen molar-refractivity contribution in [1.29, 1.82) is 0 Å². The summed E-state index contributed by atoms with van der Waals surface area (Å²) in [6, 6.07) is 24.6. The standard InChI is InChI=1S/C10H8.C8H10N2.2C2H6.CH4/c1-2-6-10-8-4-3-7-9(10)5-1;1-7-3-5-8(6-4-7)10-9-2;2*1-2;/h1-8H;3-6H,1-2H3;2*1-2H3;1H4. The summed E-state index contributed by atoms with van der Waals surface area (Å²) < 4.78 is 0. The number of azo groups is 1. The van der Waals surface area contributed by atoms with Gasteiger partial charge in [0, 0.05) is 7.05 Å². The number of rotatable bonds is 1. The van der Waals surface area contributed by atoms with Crippen LogP contribution in [0.3, 0.4) is 0 Å². The van der Waals surface area contributed by atoms with Crippen LogP contribution in [0.2, 0.25) is 0 Å². The van der Waals surface area contributed by atoms with Crippen molar-refractivity contribution in [3.05, 3.63) is 78.4 Å². The Kier molecular flexibility index (Phi) is 16.2. The van der Waals surface area contributed by atoms with Crippen molar-refractivity contribution in [3.8, 4) is 0 Å². The summed E-state index contributed by atoms with van der Waals surface area (Å²) in [5.74, 6) is 0. The topological polar surface area (TPSA) is 24.7 Å². The first kappa shape index (κ1) is 24.8. The van der Waals surface area contributed by atoms with Gasteiger partial charge in [-0.1, -0.05) is 101 Å².